The first-order chi connectivity index (χ1) is 18.0. The molecule has 0 unspecified atom stereocenters. The fraction of sp³-hybridized carbons (Fsp3) is 0.829. The van der Waals surface area contributed by atoms with Crippen molar-refractivity contribution >= 4 is 0 Å². The summed E-state index contributed by atoms with van der Waals surface area (Å²) >= 11 is 0. The minimum Gasteiger partial charge on any atom is -0.380 e. The quantitative estimate of drug-likeness (QED) is 0.210. The maximum absolute atomic E-state index is 5.89. The zero-order chi connectivity index (χ0) is 29.2. The van der Waals surface area contributed by atoms with Crippen LogP contribution in [0.15, 0.2) is 24.3 Å². The molecular weight excluding hydrogens is 478 g/mol. The topological polar surface area (TPSA) is 36.5 Å². The van der Waals surface area contributed by atoms with Crippen LogP contribution in [0.2, 0.25) is 0 Å². The second-order valence-electron chi connectivity index (χ2n) is 16.0. The van der Waals surface area contributed by atoms with E-state index in [-0.39, 0.29) is 16.5 Å². The van der Waals surface area contributed by atoms with Gasteiger partial charge in [0.05, 0.1) is 13.2 Å². The van der Waals surface area contributed by atoms with Crippen molar-refractivity contribution in [3.8, 4) is 0 Å². The van der Waals surface area contributed by atoms with Gasteiger partial charge in [0.1, 0.15) is 0 Å². The van der Waals surface area contributed by atoms with E-state index in [4.69, 9.17) is 4.74 Å². The highest BCUT2D eigenvalue weighted by Gasteiger charge is 2.28. The third-order valence-corrected chi connectivity index (χ3v) is 7.95. The van der Waals surface area contributed by atoms with Crippen molar-refractivity contribution in [1.29, 1.82) is 0 Å². The predicted octanol–water partition coefficient (Wildman–Crippen LogP) is 7.64. The second-order valence-corrected chi connectivity index (χ2v) is 16.0. The Morgan fingerprint density at radius 1 is 0.821 bits per heavy atom. The maximum atomic E-state index is 5.89. The summed E-state index contributed by atoms with van der Waals surface area (Å²) in [4.78, 5) is 2.58. The van der Waals surface area contributed by atoms with Crippen molar-refractivity contribution in [3.63, 3.8) is 0 Å². The van der Waals surface area contributed by atoms with E-state index in [9.17, 15) is 0 Å². The summed E-state index contributed by atoms with van der Waals surface area (Å²) in [5.41, 5.74) is 3.90. The van der Waals surface area contributed by atoms with E-state index in [1.165, 1.54) is 69.2 Å². The Hall–Kier alpha value is -0.940. The van der Waals surface area contributed by atoms with Gasteiger partial charge < -0.3 is 20.3 Å². The molecule has 4 nitrogen and oxygen atoms in total. The SMILES string of the molecule is CC(C)(C)COCCN1CCC(NC(C)(C)CCC(C)(C)Cc2ccc(CCCCNC(C)(C)C)cc2)CC1. The van der Waals surface area contributed by atoms with Crippen LogP contribution in [0.5, 0.6) is 0 Å². The van der Waals surface area contributed by atoms with Gasteiger partial charge in [-0.25, -0.2) is 0 Å². The smallest absolute Gasteiger partial charge is 0.0593 e. The van der Waals surface area contributed by atoms with Crippen LogP contribution in [0, 0.1) is 10.8 Å². The molecule has 1 fully saturated rings. The number of hydrogen-bond donors (Lipinski definition) is 2. The molecule has 1 heterocycles. The number of likely N-dealkylation sites (tertiary alicyclic amines) is 1. The van der Waals surface area contributed by atoms with Gasteiger partial charge in [0, 0.05) is 23.7 Å². The summed E-state index contributed by atoms with van der Waals surface area (Å²) in [6, 6.07) is 10.1. The summed E-state index contributed by atoms with van der Waals surface area (Å²) in [6.07, 6.45) is 9.74. The average molecular weight is 544 g/mol. The molecule has 2 N–H and O–H groups in total. The van der Waals surface area contributed by atoms with E-state index in [0.29, 0.717) is 11.5 Å². The Kier molecular flexibility index (Phi) is 13.5. The Bertz CT molecular complexity index is 793. The Morgan fingerprint density at radius 3 is 2.03 bits per heavy atom. The Morgan fingerprint density at radius 2 is 1.44 bits per heavy atom. The van der Waals surface area contributed by atoms with Crippen molar-refractivity contribution in [2.24, 2.45) is 10.8 Å². The van der Waals surface area contributed by atoms with Gasteiger partial charge in [0.25, 0.3) is 0 Å². The van der Waals surface area contributed by atoms with E-state index in [0.717, 1.165) is 32.7 Å². The first-order valence-corrected chi connectivity index (χ1v) is 15.9. The molecule has 1 aliphatic heterocycles. The van der Waals surface area contributed by atoms with Gasteiger partial charge in [-0.15, -0.1) is 0 Å². The minimum atomic E-state index is 0.172. The van der Waals surface area contributed by atoms with E-state index < -0.39 is 0 Å². The summed E-state index contributed by atoms with van der Waals surface area (Å²) in [5.74, 6) is 0. The molecule has 0 radical (unpaired) electrons. The lowest BCUT2D eigenvalue weighted by atomic mass is 9.78. The highest BCUT2D eigenvalue weighted by molar-refractivity contribution is 5.23. The van der Waals surface area contributed by atoms with Gasteiger partial charge in [0.15, 0.2) is 0 Å². The number of unbranched alkanes of at least 4 members (excludes halogenated alkanes) is 1. The molecule has 1 aromatic carbocycles. The monoisotopic (exact) mass is 544 g/mol. The lowest BCUT2D eigenvalue weighted by molar-refractivity contribution is 0.0481. The van der Waals surface area contributed by atoms with Crippen molar-refractivity contribution < 1.29 is 4.74 Å². The van der Waals surface area contributed by atoms with E-state index >= 15 is 0 Å². The molecule has 0 aliphatic carbocycles. The molecule has 0 spiro atoms. The number of piperidine rings is 1. The first kappa shape index (κ1) is 34.3. The van der Waals surface area contributed by atoms with Gasteiger partial charge in [-0.1, -0.05) is 58.9 Å². The van der Waals surface area contributed by atoms with Gasteiger partial charge in [0.2, 0.25) is 0 Å². The van der Waals surface area contributed by atoms with E-state index in [2.05, 4.69) is 109 Å². The molecule has 1 aromatic rings. The van der Waals surface area contributed by atoms with E-state index in [1.807, 2.05) is 0 Å². The summed E-state index contributed by atoms with van der Waals surface area (Å²) < 4.78 is 5.89. The number of benzene rings is 1. The molecule has 4 heteroatoms. The summed E-state index contributed by atoms with van der Waals surface area (Å²) in [5, 5.41) is 7.61. The first-order valence-electron chi connectivity index (χ1n) is 15.9. The normalized spacial score (nSPS) is 16.7. The third-order valence-electron chi connectivity index (χ3n) is 7.95. The molecule has 39 heavy (non-hydrogen) atoms. The number of ether oxygens (including phenoxy) is 1. The molecule has 226 valence electrons. The van der Waals surface area contributed by atoms with Crippen molar-refractivity contribution in [1.82, 2.24) is 15.5 Å². The summed E-state index contributed by atoms with van der Waals surface area (Å²) in [7, 11) is 0. The van der Waals surface area contributed by atoms with Crippen LogP contribution >= 0.6 is 0 Å². The van der Waals surface area contributed by atoms with Crippen LogP contribution < -0.4 is 10.6 Å². The minimum absolute atomic E-state index is 0.172. The van der Waals surface area contributed by atoms with E-state index in [1.54, 1.807) is 0 Å². The second kappa shape index (κ2) is 15.3. The average Bonchev–Trinajstić information content (AvgIpc) is 2.81. The van der Waals surface area contributed by atoms with Gasteiger partial charge in [-0.3, -0.25) is 0 Å². The van der Waals surface area contributed by atoms with Crippen LogP contribution in [0.3, 0.4) is 0 Å². The summed E-state index contributed by atoms with van der Waals surface area (Å²) in [6.45, 7) is 29.4. The third kappa shape index (κ3) is 16.2. The van der Waals surface area contributed by atoms with Crippen LogP contribution in [-0.2, 0) is 17.6 Å². The maximum Gasteiger partial charge on any atom is 0.0593 e. The molecule has 0 atom stereocenters. The standard InChI is InChI=1S/C35H65N3O/c1-32(2,3)28-39-26-25-38-23-18-31(19-24-38)37-35(9,10)21-20-34(7,8)27-30-16-14-29(15-17-30)13-11-12-22-36-33(4,5)6/h14-17,31,36-37H,11-13,18-28H2,1-10H3. The van der Waals surface area contributed by atoms with Crippen LogP contribution in [0.25, 0.3) is 0 Å². The molecule has 2 rings (SSSR count). The van der Waals surface area contributed by atoms with Crippen molar-refractivity contribution in [2.75, 3.05) is 39.4 Å². The van der Waals surface area contributed by atoms with Gasteiger partial charge >= 0.3 is 0 Å². The highest BCUT2D eigenvalue weighted by atomic mass is 16.5. The number of nitrogens with zero attached hydrogens (tertiary/aromatic N) is 1. The largest absolute Gasteiger partial charge is 0.380 e. The highest BCUT2D eigenvalue weighted by Crippen LogP contribution is 2.31. The molecular formula is C35H65N3O. The zero-order valence-electron chi connectivity index (χ0n) is 27.6. The van der Waals surface area contributed by atoms with Gasteiger partial charge in [-0.05, 0) is 128 Å². The molecule has 0 amide bonds. The lowest BCUT2D eigenvalue weighted by Crippen LogP contribution is -2.51. The fourth-order valence-corrected chi connectivity index (χ4v) is 5.53. The Labute approximate surface area is 243 Å². The Balaban J connectivity index is 1.66. The van der Waals surface area contributed by atoms with Crippen molar-refractivity contribution in [2.45, 2.75) is 138 Å². The molecule has 0 bridgehead atoms. The number of rotatable bonds is 16. The van der Waals surface area contributed by atoms with Crippen LogP contribution in [-0.4, -0.2) is 61.4 Å². The number of nitrogens with one attached hydrogen (secondary N) is 2. The lowest BCUT2D eigenvalue weighted by Gasteiger charge is -2.39. The molecule has 0 aromatic heterocycles. The van der Waals surface area contributed by atoms with Crippen LogP contribution in [0.1, 0.15) is 119 Å². The molecule has 1 saturated heterocycles. The zero-order valence-corrected chi connectivity index (χ0v) is 27.6. The molecule has 0 saturated carbocycles. The van der Waals surface area contributed by atoms with Gasteiger partial charge in [-0.2, -0.15) is 0 Å². The van der Waals surface area contributed by atoms with Crippen molar-refractivity contribution in [3.05, 3.63) is 35.4 Å². The number of aryl methyl sites for hydroxylation is 1. The molecule has 1 aliphatic rings. The number of hydrogen-bond acceptors (Lipinski definition) is 4. The predicted molar refractivity (Wildman–Crippen MR) is 171 cm³/mol. The van der Waals surface area contributed by atoms with Crippen LogP contribution in [0.4, 0.5) is 0 Å². The fourth-order valence-electron chi connectivity index (χ4n) is 5.53.